The Labute approximate surface area is 147 Å². The maximum atomic E-state index is 12.5. The van der Waals surface area contributed by atoms with Crippen LogP contribution in [0.25, 0.3) is 0 Å². The third-order valence-electron chi connectivity index (χ3n) is 5.18. The predicted octanol–water partition coefficient (Wildman–Crippen LogP) is 2.92. The van der Waals surface area contributed by atoms with Crippen molar-refractivity contribution in [3.05, 3.63) is 35.4 Å². The minimum atomic E-state index is -0.0896. The van der Waals surface area contributed by atoms with Crippen LogP contribution in [-0.4, -0.2) is 36.5 Å². The Kier molecular flexibility index (Phi) is 6.81. The summed E-state index contributed by atoms with van der Waals surface area (Å²) in [6.07, 6.45) is 2.24. The van der Waals surface area contributed by atoms with Gasteiger partial charge in [-0.3, -0.25) is 9.69 Å². The van der Waals surface area contributed by atoms with Gasteiger partial charge in [0.25, 0.3) is 0 Å². The van der Waals surface area contributed by atoms with E-state index in [1.54, 1.807) is 0 Å². The van der Waals surface area contributed by atoms with Crippen molar-refractivity contribution >= 4 is 5.91 Å². The molecule has 0 radical (unpaired) electrons. The van der Waals surface area contributed by atoms with Gasteiger partial charge in [0.2, 0.25) is 5.91 Å². The van der Waals surface area contributed by atoms with Gasteiger partial charge in [-0.2, -0.15) is 0 Å². The first-order chi connectivity index (χ1) is 11.5. The Hall–Kier alpha value is -1.39. The van der Waals surface area contributed by atoms with E-state index in [1.165, 1.54) is 5.56 Å². The highest BCUT2D eigenvalue weighted by molar-refractivity contribution is 5.82. The second kappa shape index (κ2) is 8.63. The number of rotatable bonds is 7. The van der Waals surface area contributed by atoms with Crippen molar-refractivity contribution in [3.8, 4) is 0 Å². The van der Waals surface area contributed by atoms with Crippen LogP contribution in [0.4, 0.5) is 0 Å². The van der Waals surface area contributed by atoms with Gasteiger partial charge in [0, 0.05) is 13.1 Å². The average Bonchev–Trinajstić information content (AvgIpc) is 2.58. The summed E-state index contributed by atoms with van der Waals surface area (Å²) in [5.74, 6) is 0.118. The molecule has 1 aliphatic rings. The molecule has 0 bridgehead atoms. The Balaban J connectivity index is 1.86. The normalized spacial score (nSPS) is 20.1. The van der Waals surface area contributed by atoms with Crippen molar-refractivity contribution in [2.24, 2.45) is 5.41 Å². The first-order valence-electron chi connectivity index (χ1n) is 9.27. The maximum absolute atomic E-state index is 12.5. The van der Waals surface area contributed by atoms with Crippen LogP contribution in [-0.2, 0) is 17.9 Å². The Morgan fingerprint density at radius 1 is 1.21 bits per heavy atom. The van der Waals surface area contributed by atoms with Crippen LogP contribution in [0.2, 0.25) is 0 Å². The highest BCUT2D eigenvalue weighted by Gasteiger charge is 2.36. The highest BCUT2D eigenvalue weighted by Crippen LogP contribution is 2.30. The molecule has 1 unspecified atom stereocenters. The quantitative estimate of drug-likeness (QED) is 0.807. The number of carbonyl (C=O) groups is 1. The lowest BCUT2D eigenvalue weighted by molar-refractivity contribution is -0.126. The average molecular weight is 332 g/mol. The summed E-state index contributed by atoms with van der Waals surface area (Å²) in [6, 6.07) is 8.50. The van der Waals surface area contributed by atoms with E-state index in [2.05, 4.69) is 67.5 Å². The van der Waals surface area contributed by atoms with Gasteiger partial charge in [-0.1, -0.05) is 52.0 Å². The van der Waals surface area contributed by atoms with Gasteiger partial charge in [0.15, 0.2) is 0 Å². The summed E-state index contributed by atoms with van der Waals surface area (Å²) < 4.78 is 0. The Morgan fingerprint density at radius 3 is 2.42 bits per heavy atom. The number of benzene rings is 1. The molecule has 4 nitrogen and oxygen atoms in total. The van der Waals surface area contributed by atoms with E-state index in [0.717, 1.165) is 44.6 Å². The molecule has 1 aliphatic heterocycles. The van der Waals surface area contributed by atoms with Crippen molar-refractivity contribution < 1.29 is 4.79 Å². The molecule has 2 rings (SSSR count). The molecule has 1 heterocycles. The molecule has 1 saturated heterocycles. The lowest BCUT2D eigenvalue weighted by atomic mass is 9.77. The van der Waals surface area contributed by atoms with Crippen LogP contribution in [0.3, 0.4) is 0 Å². The number of carbonyl (C=O) groups excluding carboxylic acids is 1. The monoisotopic (exact) mass is 331 g/mol. The van der Waals surface area contributed by atoms with Crippen LogP contribution >= 0.6 is 0 Å². The van der Waals surface area contributed by atoms with Gasteiger partial charge < -0.3 is 10.6 Å². The van der Waals surface area contributed by atoms with Crippen LogP contribution in [0, 0.1) is 5.41 Å². The van der Waals surface area contributed by atoms with E-state index >= 15 is 0 Å². The minimum Gasteiger partial charge on any atom is -0.351 e. The molecule has 1 aromatic carbocycles. The fourth-order valence-electron chi connectivity index (χ4n) is 3.42. The van der Waals surface area contributed by atoms with Gasteiger partial charge in [0.1, 0.15) is 0 Å². The molecule has 1 aromatic rings. The number of nitrogens with one attached hydrogen (secondary N) is 2. The molecular weight excluding hydrogens is 298 g/mol. The smallest absolute Gasteiger partial charge is 0.237 e. The van der Waals surface area contributed by atoms with Gasteiger partial charge in [-0.05, 0) is 49.0 Å². The summed E-state index contributed by atoms with van der Waals surface area (Å²) in [4.78, 5) is 14.9. The van der Waals surface area contributed by atoms with Crippen LogP contribution < -0.4 is 10.6 Å². The maximum Gasteiger partial charge on any atom is 0.237 e. The second-order valence-corrected chi connectivity index (χ2v) is 7.47. The van der Waals surface area contributed by atoms with E-state index in [9.17, 15) is 4.79 Å². The zero-order valence-electron chi connectivity index (χ0n) is 15.7. The van der Waals surface area contributed by atoms with E-state index in [-0.39, 0.29) is 17.4 Å². The third-order valence-corrected chi connectivity index (χ3v) is 5.18. The fourth-order valence-corrected chi connectivity index (χ4v) is 3.42. The van der Waals surface area contributed by atoms with Crippen LogP contribution in [0.1, 0.15) is 51.7 Å². The molecule has 4 heteroatoms. The van der Waals surface area contributed by atoms with Gasteiger partial charge in [-0.25, -0.2) is 0 Å². The predicted molar refractivity (Wildman–Crippen MR) is 99.7 cm³/mol. The number of piperidine rings is 1. The van der Waals surface area contributed by atoms with Crippen molar-refractivity contribution in [1.82, 2.24) is 15.5 Å². The lowest BCUT2D eigenvalue weighted by Crippen LogP contribution is -2.55. The molecule has 1 atom stereocenters. The zero-order valence-corrected chi connectivity index (χ0v) is 15.7. The Morgan fingerprint density at radius 2 is 1.83 bits per heavy atom. The fraction of sp³-hybridized carbons (Fsp3) is 0.650. The van der Waals surface area contributed by atoms with Crippen molar-refractivity contribution in [1.29, 1.82) is 0 Å². The molecule has 1 amide bonds. The van der Waals surface area contributed by atoms with Gasteiger partial charge in [0.05, 0.1) is 6.04 Å². The number of nitrogens with zero attached hydrogens (tertiary/aromatic N) is 1. The largest absolute Gasteiger partial charge is 0.351 e. The molecule has 1 fully saturated rings. The van der Waals surface area contributed by atoms with Crippen molar-refractivity contribution in [3.63, 3.8) is 0 Å². The standard InChI is InChI=1S/C20H33N3O/c1-5-23(6-2)15-17-10-8-16(9-11-17)14-22-19(24)18-20(3,4)12-7-13-21-18/h8-11,18,21H,5-7,12-15H2,1-4H3,(H,22,24). The topological polar surface area (TPSA) is 44.4 Å². The highest BCUT2D eigenvalue weighted by atomic mass is 16.2. The summed E-state index contributed by atoms with van der Waals surface area (Å²) >= 11 is 0. The molecule has 0 aliphatic carbocycles. The van der Waals surface area contributed by atoms with Gasteiger partial charge in [-0.15, -0.1) is 0 Å². The molecule has 134 valence electrons. The van der Waals surface area contributed by atoms with E-state index in [4.69, 9.17) is 0 Å². The molecule has 2 N–H and O–H groups in total. The first kappa shape index (κ1) is 18.9. The van der Waals surface area contributed by atoms with Crippen LogP contribution in [0.15, 0.2) is 24.3 Å². The van der Waals surface area contributed by atoms with Crippen molar-refractivity contribution in [2.45, 2.75) is 59.7 Å². The molecule has 0 saturated carbocycles. The molecule has 0 aromatic heterocycles. The molecule has 0 spiro atoms. The Bertz CT molecular complexity index is 520. The summed E-state index contributed by atoms with van der Waals surface area (Å²) in [6.45, 7) is 13.4. The number of hydrogen-bond acceptors (Lipinski definition) is 3. The minimum absolute atomic E-state index is 0.0238. The SMILES string of the molecule is CCN(CC)Cc1ccc(CNC(=O)C2NCCCC2(C)C)cc1. The summed E-state index contributed by atoms with van der Waals surface area (Å²) in [5, 5.41) is 6.47. The van der Waals surface area contributed by atoms with E-state index in [0.29, 0.717) is 6.54 Å². The van der Waals surface area contributed by atoms with Crippen LogP contribution in [0.5, 0.6) is 0 Å². The molecular formula is C20H33N3O. The first-order valence-corrected chi connectivity index (χ1v) is 9.27. The number of hydrogen-bond donors (Lipinski definition) is 2. The van der Waals surface area contributed by atoms with E-state index in [1.807, 2.05) is 0 Å². The summed E-state index contributed by atoms with van der Waals surface area (Å²) in [5.41, 5.74) is 2.50. The van der Waals surface area contributed by atoms with Gasteiger partial charge >= 0.3 is 0 Å². The third kappa shape index (κ3) is 5.05. The number of amides is 1. The van der Waals surface area contributed by atoms with E-state index < -0.39 is 0 Å². The summed E-state index contributed by atoms with van der Waals surface area (Å²) in [7, 11) is 0. The lowest BCUT2D eigenvalue weighted by Gasteiger charge is -2.38. The second-order valence-electron chi connectivity index (χ2n) is 7.47. The molecule has 24 heavy (non-hydrogen) atoms. The van der Waals surface area contributed by atoms with Crippen molar-refractivity contribution in [2.75, 3.05) is 19.6 Å². The zero-order chi connectivity index (χ0) is 17.6.